The van der Waals surface area contributed by atoms with E-state index in [9.17, 15) is 0 Å². The van der Waals surface area contributed by atoms with E-state index in [-0.39, 0.29) is 0 Å². The second kappa shape index (κ2) is 8.93. The quantitative estimate of drug-likeness (QED) is 0.471. The van der Waals surface area contributed by atoms with Gasteiger partial charge in [0.1, 0.15) is 5.82 Å². The van der Waals surface area contributed by atoms with Crippen LogP contribution in [0, 0.1) is 5.92 Å². The topological polar surface area (TPSA) is 67.7 Å². The number of nitrogens with zero attached hydrogens (tertiary/aromatic N) is 4. The molecule has 0 saturated carbocycles. The minimum atomic E-state index is 0.705. The van der Waals surface area contributed by atoms with E-state index in [2.05, 4.69) is 62.6 Å². The summed E-state index contributed by atoms with van der Waals surface area (Å²) in [6.45, 7) is 6.47. The average Bonchev–Trinajstić information content (AvgIpc) is 3.26. The van der Waals surface area contributed by atoms with Crippen molar-refractivity contribution in [3.8, 4) is 11.1 Å². The Morgan fingerprint density at radius 2 is 1.94 bits per heavy atom. The minimum Gasteiger partial charge on any atom is -0.340 e. The fourth-order valence-electron chi connectivity index (χ4n) is 4.35. The summed E-state index contributed by atoms with van der Waals surface area (Å²) in [6.07, 6.45) is 11.1. The Kier molecular flexibility index (Phi) is 5.69. The molecule has 6 heteroatoms. The molecule has 0 radical (unpaired) electrons. The van der Waals surface area contributed by atoms with Gasteiger partial charge in [0, 0.05) is 53.5 Å². The monoisotopic (exact) mass is 424 g/mol. The van der Waals surface area contributed by atoms with Crippen molar-refractivity contribution in [2.45, 2.75) is 19.3 Å². The maximum Gasteiger partial charge on any atom is 0.130 e. The molecular formula is C26H28N6. The molecule has 0 spiro atoms. The van der Waals surface area contributed by atoms with Gasteiger partial charge in [0.05, 0.1) is 6.20 Å². The Balaban J connectivity index is 1.33. The highest BCUT2D eigenvalue weighted by molar-refractivity contribution is 5.89. The third-order valence-electron chi connectivity index (χ3n) is 6.16. The molecule has 4 aromatic rings. The first kappa shape index (κ1) is 20.4. The van der Waals surface area contributed by atoms with Crippen molar-refractivity contribution in [2.24, 2.45) is 13.0 Å². The van der Waals surface area contributed by atoms with E-state index in [4.69, 9.17) is 0 Å². The second-order valence-corrected chi connectivity index (χ2v) is 8.57. The maximum absolute atomic E-state index is 4.59. The van der Waals surface area contributed by atoms with Gasteiger partial charge in [-0.25, -0.2) is 4.98 Å². The molecule has 1 aliphatic rings. The summed E-state index contributed by atoms with van der Waals surface area (Å²) in [4.78, 5) is 9.18. The van der Waals surface area contributed by atoms with Gasteiger partial charge in [-0.1, -0.05) is 18.7 Å². The molecule has 32 heavy (non-hydrogen) atoms. The van der Waals surface area contributed by atoms with Crippen molar-refractivity contribution in [1.82, 2.24) is 25.1 Å². The van der Waals surface area contributed by atoms with Gasteiger partial charge < -0.3 is 10.6 Å². The van der Waals surface area contributed by atoms with Crippen LogP contribution >= 0.6 is 0 Å². The van der Waals surface area contributed by atoms with Gasteiger partial charge in [0.15, 0.2) is 0 Å². The van der Waals surface area contributed by atoms with Gasteiger partial charge in [-0.3, -0.25) is 9.67 Å². The predicted molar refractivity (Wildman–Crippen MR) is 130 cm³/mol. The first-order valence-electron chi connectivity index (χ1n) is 11.1. The Morgan fingerprint density at radius 1 is 1.06 bits per heavy atom. The van der Waals surface area contributed by atoms with Crippen molar-refractivity contribution in [1.29, 1.82) is 0 Å². The van der Waals surface area contributed by atoms with Crippen molar-refractivity contribution in [2.75, 3.05) is 18.4 Å². The Labute approximate surface area is 188 Å². The fraction of sp³-hybridized carbons (Fsp3) is 0.269. The highest BCUT2D eigenvalue weighted by atomic mass is 15.2. The molecule has 6 nitrogen and oxygen atoms in total. The van der Waals surface area contributed by atoms with Gasteiger partial charge in [0.2, 0.25) is 0 Å². The Morgan fingerprint density at radius 3 is 2.75 bits per heavy atom. The molecule has 0 atom stereocenters. The summed E-state index contributed by atoms with van der Waals surface area (Å²) in [7, 11) is 1.93. The Bertz CT molecular complexity index is 1250. The van der Waals surface area contributed by atoms with Crippen LogP contribution in [0.4, 0.5) is 5.82 Å². The Hall–Kier alpha value is -3.51. The molecule has 5 rings (SSSR count). The zero-order valence-electron chi connectivity index (χ0n) is 18.4. The zero-order valence-corrected chi connectivity index (χ0v) is 18.4. The summed E-state index contributed by atoms with van der Waals surface area (Å²) < 4.78 is 1.82. The van der Waals surface area contributed by atoms with Gasteiger partial charge in [-0.05, 0) is 73.5 Å². The normalized spacial score (nSPS) is 14.5. The van der Waals surface area contributed by atoms with Crippen LogP contribution in [0.15, 0.2) is 67.8 Å². The second-order valence-electron chi connectivity index (χ2n) is 8.57. The van der Waals surface area contributed by atoms with Crippen molar-refractivity contribution < 1.29 is 0 Å². The van der Waals surface area contributed by atoms with Crippen LogP contribution in [0.2, 0.25) is 0 Å². The molecule has 0 unspecified atom stereocenters. The molecule has 162 valence electrons. The third-order valence-corrected chi connectivity index (χ3v) is 6.16. The first-order chi connectivity index (χ1) is 15.6. The number of piperidine rings is 1. The maximum atomic E-state index is 4.59. The lowest BCUT2D eigenvalue weighted by Crippen LogP contribution is -2.28. The summed E-state index contributed by atoms with van der Waals surface area (Å²) in [5, 5.41) is 13.3. The molecule has 4 heterocycles. The van der Waals surface area contributed by atoms with Crippen LogP contribution in [-0.4, -0.2) is 32.8 Å². The van der Waals surface area contributed by atoms with Crippen LogP contribution in [0.3, 0.4) is 0 Å². The molecule has 2 N–H and O–H groups in total. The largest absolute Gasteiger partial charge is 0.340 e. The van der Waals surface area contributed by atoms with Crippen LogP contribution in [0.25, 0.3) is 27.6 Å². The lowest BCUT2D eigenvalue weighted by molar-refractivity contribution is 0.370. The lowest BCUT2D eigenvalue weighted by Gasteiger charge is -2.22. The smallest absolute Gasteiger partial charge is 0.130 e. The standard InChI is InChI=1S/C26H28N6/c1-18(20-7-10-28-25(13-20)11-19-5-8-27-9-6-19)31-26-14-23-12-21(3-4-22(23)15-29-26)24-16-30-32(2)17-24/h3-4,7,10,12-17,19,27H,1,5-6,8-9,11H2,2H3,(H,29,31). The van der Waals surface area contributed by atoms with E-state index < -0.39 is 0 Å². The lowest BCUT2D eigenvalue weighted by atomic mass is 9.92. The van der Waals surface area contributed by atoms with E-state index in [1.165, 1.54) is 12.8 Å². The van der Waals surface area contributed by atoms with Crippen molar-refractivity contribution in [3.63, 3.8) is 0 Å². The zero-order chi connectivity index (χ0) is 21.9. The summed E-state index contributed by atoms with van der Waals surface area (Å²) in [5.74, 6) is 1.49. The molecule has 1 aliphatic heterocycles. The number of fused-ring (bicyclic) bond motifs is 1. The highest BCUT2D eigenvalue weighted by Crippen LogP contribution is 2.26. The van der Waals surface area contributed by atoms with Gasteiger partial charge in [-0.15, -0.1) is 0 Å². The molecule has 1 fully saturated rings. The van der Waals surface area contributed by atoms with E-state index in [1.54, 1.807) is 0 Å². The molecular weight excluding hydrogens is 396 g/mol. The molecule has 1 saturated heterocycles. The number of aromatic nitrogens is 4. The van der Waals surface area contributed by atoms with Crippen molar-refractivity contribution in [3.05, 3.63) is 79.0 Å². The van der Waals surface area contributed by atoms with Crippen LogP contribution in [0.1, 0.15) is 24.1 Å². The van der Waals surface area contributed by atoms with E-state index in [0.29, 0.717) is 5.92 Å². The van der Waals surface area contributed by atoms with E-state index >= 15 is 0 Å². The predicted octanol–water partition coefficient (Wildman–Crippen LogP) is 4.66. The van der Waals surface area contributed by atoms with E-state index in [0.717, 1.165) is 64.2 Å². The number of aryl methyl sites for hydroxylation is 1. The number of pyridine rings is 2. The SMILES string of the molecule is C=C(Nc1cc2cc(-c3cnn(C)c3)ccc2cn1)c1ccnc(CC2CCNCC2)c1. The molecule has 0 amide bonds. The molecule has 0 bridgehead atoms. The van der Waals surface area contributed by atoms with Crippen LogP contribution in [0.5, 0.6) is 0 Å². The summed E-state index contributed by atoms with van der Waals surface area (Å²) in [5.41, 5.74) is 5.25. The van der Waals surface area contributed by atoms with Gasteiger partial charge >= 0.3 is 0 Å². The summed E-state index contributed by atoms with van der Waals surface area (Å²) >= 11 is 0. The van der Waals surface area contributed by atoms with E-state index in [1.807, 2.05) is 42.6 Å². The third kappa shape index (κ3) is 4.55. The number of nitrogens with one attached hydrogen (secondary N) is 2. The van der Waals surface area contributed by atoms with Gasteiger partial charge in [0.25, 0.3) is 0 Å². The van der Waals surface area contributed by atoms with Crippen molar-refractivity contribution >= 4 is 22.3 Å². The number of benzene rings is 1. The number of hydrogen-bond donors (Lipinski definition) is 2. The number of rotatable bonds is 6. The molecule has 0 aliphatic carbocycles. The van der Waals surface area contributed by atoms with Crippen LogP contribution in [-0.2, 0) is 13.5 Å². The minimum absolute atomic E-state index is 0.705. The fourth-order valence-corrected chi connectivity index (χ4v) is 4.35. The number of anilines is 1. The number of hydrogen-bond acceptors (Lipinski definition) is 5. The van der Waals surface area contributed by atoms with Crippen LogP contribution < -0.4 is 10.6 Å². The first-order valence-corrected chi connectivity index (χ1v) is 11.1. The van der Waals surface area contributed by atoms with Gasteiger partial charge in [-0.2, -0.15) is 5.10 Å². The molecule has 3 aromatic heterocycles. The average molecular weight is 425 g/mol. The molecule has 1 aromatic carbocycles. The summed E-state index contributed by atoms with van der Waals surface area (Å²) in [6, 6.07) is 12.6. The highest BCUT2D eigenvalue weighted by Gasteiger charge is 2.14.